The van der Waals surface area contributed by atoms with Gasteiger partial charge < -0.3 is 10.6 Å². The molecule has 5 heteroatoms. The van der Waals surface area contributed by atoms with Crippen molar-refractivity contribution in [2.75, 3.05) is 10.6 Å². The van der Waals surface area contributed by atoms with Crippen molar-refractivity contribution in [3.05, 3.63) is 67.0 Å². The van der Waals surface area contributed by atoms with Gasteiger partial charge in [0.25, 0.3) is 0 Å². The Morgan fingerprint density at radius 2 is 2.04 bits per heavy atom. The van der Waals surface area contributed by atoms with Crippen LogP contribution in [0.4, 0.5) is 17.2 Å². The molecule has 0 spiro atoms. The summed E-state index contributed by atoms with van der Waals surface area (Å²) in [7, 11) is 0. The predicted octanol–water partition coefficient (Wildman–Crippen LogP) is 4.06. The molecule has 3 rings (SSSR count). The number of carbonyl (C=O) groups is 1. The minimum Gasteiger partial charge on any atom is -0.340 e. The Morgan fingerprint density at radius 1 is 1.17 bits per heavy atom. The second kappa shape index (κ2) is 6.91. The average Bonchev–Trinajstić information content (AvgIpc) is 2.62. The van der Waals surface area contributed by atoms with Gasteiger partial charge in [-0.3, -0.25) is 4.79 Å². The Labute approximate surface area is 140 Å². The zero-order valence-electron chi connectivity index (χ0n) is 13.4. The number of hydrogen-bond acceptors (Lipinski definition) is 4. The fourth-order valence-electron chi connectivity index (χ4n) is 2.43. The van der Waals surface area contributed by atoms with E-state index in [0.29, 0.717) is 11.5 Å². The molecule has 0 saturated carbocycles. The Hall–Kier alpha value is -3.21. The van der Waals surface area contributed by atoms with Crippen LogP contribution in [0.25, 0.3) is 10.9 Å². The maximum atomic E-state index is 11.5. The fraction of sp³-hybridized carbons (Fsp3) is 0.105. The monoisotopic (exact) mass is 318 g/mol. The first kappa shape index (κ1) is 15.7. The highest BCUT2D eigenvalue weighted by Gasteiger charge is 2.07. The van der Waals surface area contributed by atoms with E-state index < -0.39 is 0 Å². The quantitative estimate of drug-likeness (QED) is 0.696. The topological polar surface area (TPSA) is 66.9 Å². The molecule has 3 aromatic rings. The van der Waals surface area contributed by atoms with Gasteiger partial charge in [0.1, 0.15) is 12.1 Å². The summed E-state index contributed by atoms with van der Waals surface area (Å²) in [5, 5.41) is 6.92. The highest BCUT2D eigenvalue weighted by molar-refractivity contribution is 6.01. The molecule has 0 fully saturated rings. The highest BCUT2D eigenvalue weighted by Crippen LogP contribution is 2.26. The van der Waals surface area contributed by atoms with Gasteiger partial charge in [0.15, 0.2) is 0 Å². The third-order valence-electron chi connectivity index (χ3n) is 3.69. The summed E-state index contributed by atoms with van der Waals surface area (Å²) in [6, 6.07) is 13.7. The van der Waals surface area contributed by atoms with E-state index in [9.17, 15) is 4.79 Å². The summed E-state index contributed by atoms with van der Waals surface area (Å²) in [5.41, 5.74) is 3.69. The van der Waals surface area contributed by atoms with Crippen LogP contribution in [-0.2, 0) is 11.2 Å². The smallest absolute Gasteiger partial charge is 0.247 e. The van der Waals surface area contributed by atoms with Crippen molar-refractivity contribution in [1.29, 1.82) is 0 Å². The first-order valence-electron chi connectivity index (χ1n) is 7.73. The average molecular weight is 318 g/mol. The van der Waals surface area contributed by atoms with Crippen LogP contribution < -0.4 is 10.6 Å². The number of benzene rings is 2. The lowest BCUT2D eigenvalue weighted by Crippen LogP contribution is -2.07. The summed E-state index contributed by atoms with van der Waals surface area (Å²) in [5.74, 6) is 0.444. The molecule has 0 saturated heterocycles. The number of aromatic nitrogens is 2. The van der Waals surface area contributed by atoms with Crippen molar-refractivity contribution in [1.82, 2.24) is 9.97 Å². The molecule has 1 aromatic heterocycles. The van der Waals surface area contributed by atoms with E-state index in [-0.39, 0.29) is 5.91 Å². The molecule has 0 bridgehead atoms. The minimum atomic E-state index is -0.253. The first-order chi connectivity index (χ1) is 11.7. The Bertz CT molecular complexity index is 905. The van der Waals surface area contributed by atoms with Crippen LogP contribution >= 0.6 is 0 Å². The molecule has 2 aromatic carbocycles. The number of carbonyl (C=O) groups excluding carboxylic acids is 1. The molecule has 24 heavy (non-hydrogen) atoms. The molecular weight excluding hydrogens is 300 g/mol. The molecular formula is C19H18N4O. The molecule has 2 N–H and O–H groups in total. The molecule has 0 atom stereocenters. The molecule has 1 heterocycles. The summed E-state index contributed by atoms with van der Waals surface area (Å²) >= 11 is 0. The number of fused-ring (bicyclic) bond motifs is 1. The normalized spacial score (nSPS) is 10.4. The largest absolute Gasteiger partial charge is 0.340 e. The number of rotatable bonds is 5. The van der Waals surface area contributed by atoms with Crippen LogP contribution in [-0.4, -0.2) is 15.9 Å². The van der Waals surface area contributed by atoms with Crippen molar-refractivity contribution in [3.8, 4) is 0 Å². The molecule has 120 valence electrons. The van der Waals surface area contributed by atoms with E-state index in [4.69, 9.17) is 0 Å². The summed E-state index contributed by atoms with van der Waals surface area (Å²) in [6.45, 7) is 5.58. The van der Waals surface area contributed by atoms with Crippen molar-refractivity contribution in [2.24, 2.45) is 0 Å². The second-order valence-corrected chi connectivity index (χ2v) is 5.33. The standard InChI is InChI=1S/C19H18N4O/c1-3-13-6-5-7-14(10-13)23-19-16-11-15(22-18(24)4-2)8-9-17(16)20-12-21-19/h4-12H,2-3H2,1H3,(H,22,24)(H,20,21,23). The number of nitrogens with one attached hydrogen (secondary N) is 2. The lowest BCUT2D eigenvalue weighted by atomic mass is 10.1. The van der Waals surface area contributed by atoms with Crippen molar-refractivity contribution >= 4 is 34.0 Å². The molecule has 0 unspecified atom stereocenters. The maximum Gasteiger partial charge on any atom is 0.247 e. The maximum absolute atomic E-state index is 11.5. The fourth-order valence-corrected chi connectivity index (χ4v) is 2.43. The Balaban J connectivity index is 1.98. The predicted molar refractivity (Wildman–Crippen MR) is 97.5 cm³/mol. The van der Waals surface area contributed by atoms with Crippen LogP contribution in [0.15, 0.2) is 61.4 Å². The van der Waals surface area contributed by atoms with E-state index in [0.717, 1.165) is 23.0 Å². The van der Waals surface area contributed by atoms with E-state index in [1.54, 1.807) is 6.07 Å². The SMILES string of the molecule is C=CC(=O)Nc1ccc2ncnc(Nc3cccc(CC)c3)c2c1. The number of anilines is 3. The van der Waals surface area contributed by atoms with Crippen molar-refractivity contribution in [3.63, 3.8) is 0 Å². The molecule has 0 aliphatic heterocycles. The first-order valence-corrected chi connectivity index (χ1v) is 7.73. The van der Waals surface area contributed by atoms with Gasteiger partial charge in [0.2, 0.25) is 5.91 Å². The van der Waals surface area contributed by atoms with E-state index in [1.165, 1.54) is 18.0 Å². The lowest BCUT2D eigenvalue weighted by Gasteiger charge is -2.10. The van der Waals surface area contributed by atoms with Crippen LogP contribution in [0.1, 0.15) is 12.5 Å². The Kier molecular flexibility index (Phi) is 4.52. The van der Waals surface area contributed by atoms with Gasteiger partial charge >= 0.3 is 0 Å². The van der Waals surface area contributed by atoms with Gasteiger partial charge in [-0.1, -0.05) is 25.6 Å². The third kappa shape index (κ3) is 3.41. The Morgan fingerprint density at radius 3 is 2.83 bits per heavy atom. The summed E-state index contributed by atoms with van der Waals surface area (Å²) in [6.07, 6.45) is 3.73. The molecule has 0 radical (unpaired) electrons. The third-order valence-corrected chi connectivity index (χ3v) is 3.69. The van der Waals surface area contributed by atoms with E-state index in [2.05, 4.69) is 46.2 Å². The van der Waals surface area contributed by atoms with Crippen LogP contribution in [0.2, 0.25) is 0 Å². The van der Waals surface area contributed by atoms with Gasteiger partial charge in [0.05, 0.1) is 5.52 Å². The van der Waals surface area contributed by atoms with Gasteiger partial charge in [0, 0.05) is 16.8 Å². The van der Waals surface area contributed by atoms with Gasteiger partial charge in [-0.15, -0.1) is 0 Å². The van der Waals surface area contributed by atoms with Crippen molar-refractivity contribution < 1.29 is 4.79 Å². The zero-order valence-corrected chi connectivity index (χ0v) is 13.4. The van der Waals surface area contributed by atoms with E-state index >= 15 is 0 Å². The van der Waals surface area contributed by atoms with Crippen molar-refractivity contribution in [2.45, 2.75) is 13.3 Å². The number of hydrogen-bond donors (Lipinski definition) is 2. The zero-order chi connectivity index (χ0) is 16.9. The van der Waals surface area contributed by atoms with Gasteiger partial charge in [-0.25, -0.2) is 9.97 Å². The molecule has 5 nitrogen and oxygen atoms in total. The van der Waals surface area contributed by atoms with Gasteiger partial charge in [-0.05, 0) is 48.4 Å². The molecule has 0 aliphatic rings. The summed E-state index contributed by atoms with van der Waals surface area (Å²) in [4.78, 5) is 20.1. The number of amides is 1. The number of aryl methyl sites for hydroxylation is 1. The lowest BCUT2D eigenvalue weighted by molar-refractivity contribution is -0.111. The molecule has 1 amide bonds. The van der Waals surface area contributed by atoms with Crippen LogP contribution in [0.3, 0.4) is 0 Å². The van der Waals surface area contributed by atoms with E-state index in [1.807, 2.05) is 24.3 Å². The highest BCUT2D eigenvalue weighted by atomic mass is 16.1. The minimum absolute atomic E-state index is 0.253. The van der Waals surface area contributed by atoms with Crippen LogP contribution in [0, 0.1) is 0 Å². The second-order valence-electron chi connectivity index (χ2n) is 5.33. The van der Waals surface area contributed by atoms with Crippen LogP contribution in [0.5, 0.6) is 0 Å². The van der Waals surface area contributed by atoms with Gasteiger partial charge in [-0.2, -0.15) is 0 Å². The summed E-state index contributed by atoms with van der Waals surface area (Å²) < 4.78 is 0. The number of nitrogens with zero attached hydrogens (tertiary/aromatic N) is 2. The molecule has 0 aliphatic carbocycles.